The molecule has 1 aromatic carbocycles. The molecule has 0 amide bonds. The first kappa shape index (κ1) is 13.7. The third-order valence-electron chi connectivity index (χ3n) is 4.42. The fraction of sp³-hybridized carbons (Fsp3) is 0.625. The lowest BCUT2D eigenvalue weighted by molar-refractivity contribution is 0.171. The van der Waals surface area contributed by atoms with E-state index in [2.05, 4.69) is 24.4 Å². The monoisotopic (exact) mass is 277 g/mol. The maximum Gasteiger partial charge on any atom is 0.161 e. The van der Waals surface area contributed by atoms with Gasteiger partial charge < -0.3 is 19.9 Å². The molecule has 1 fully saturated rings. The zero-order valence-electron chi connectivity index (χ0n) is 12.0. The molecule has 3 unspecified atom stereocenters. The van der Waals surface area contributed by atoms with Crippen LogP contribution in [0.25, 0.3) is 0 Å². The highest BCUT2D eigenvalue weighted by Crippen LogP contribution is 2.33. The van der Waals surface area contributed by atoms with Gasteiger partial charge in [-0.05, 0) is 43.4 Å². The summed E-state index contributed by atoms with van der Waals surface area (Å²) >= 11 is 0. The van der Waals surface area contributed by atoms with Gasteiger partial charge in [0.2, 0.25) is 0 Å². The molecule has 2 N–H and O–H groups in total. The lowest BCUT2D eigenvalue weighted by Crippen LogP contribution is -2.35. The number of fused-ring (bicyclic) bond motifs is 1. The van der Waals surface area contributed by atoms with Crippen LogP contribution in [-0.4, -0.2) is 31.0 Å². The summed E-state index contributed by atoms with van der Waals surface area (Å²) in [7, 11) is 0. The third kappa shape index (κ3) is 2.76. The molecule has 3 atom stereocenters. The minimum Gasteiger partial charge on any atom is -0.486 e. The van der Waals surface area contributed by atoms with Gasteiger partial charge >= 0.3 is 0 Å². The molecule has 0 aromatic heterocycles. The maximum absolute atomic E-state index is 9.40. The van der Waals surface area contributed by atoms with E-state index in [1.165, 1.54) is 12.0 Å². The topological polar surface area (TPSA) is 50.7 Å². The average molecular weight is 277 g/mol. The molecule has 3 rings (SSSR count). The number of hydrogen-bond acceptors (Lipinski definition) is 4. The fourth-order valence-electron chi connectivity index (χ4n) is 3.22. The normalized spacial score (nSPS) is 26.5. The van der Waals surface area contributed by atoms with Gasteiger partial charge in [0.05, 0.1) is 0 Å². The molecule has 1 aliphatic heterocycles. The number of nitrogens with one attached hydrogen (secondary N) is 1. The van der Waals surface area contributed by atoms with E-state index in [-0.39, 0.29) is 12.6 Å². The number of hydrogen-bond donors (Lipinski definition) is 2. The molecule has 110 valence electrons. The van der Waals surface area contributed by atoms with Crippen molar-refractivity contribution in [2.45, 2.75) is 38.3 Å². The van der Waals surface area contributed by atoms with Gasteiger partial charge in [-0.3, -0.25) is 0 Å². The summed E-state index contributed by atoms with van der Waals surface area (Å²) in [5.74, 6) is 2.07. The van der Waals surface area contributed by atoms with Crippen LogP contribution in [0.2, 0.25) is 0 Å². The summed E-state index contributed by atoms with van der Waals surface area (Å²) < 4.78 is 11.2. The maximum atomic E-state index is 9.40. The van der Waals surface area contributed by atoms with Crippen LogP contribution in [0.3, 0.4) is 0 Å². The molecule has 0 bridgehead atoms. The molecule has 4 nitrogen and oxygen atoms in total. The molecule has 1 aromatic rings. The minimum atomic E-state index is 0.253. The Hall–Kier alpha value is -1.26. The molecule has 1 aliphatic carbocycles. The van der Waals surface area contributed by atoms with Crippen LogP contribution in [0.4, 0.5) is 0 Å². The van der Waals surface area contributed by atoms with E-state index < -0.39 is 0 Å². The fourth-order valence-corrected chi connectivity index (χ4v) is 3.22. The van der Waals surface area contributed by atoms with Crippen LogP contribution < -0.4 is 14.8 Å². The second-order valence-electron chi connectivity index (χ2n) is 5.77. The summed E-state index contributed by atoms with van der Waals surface area (Å²) in [6.07, 6.45) is 3.49. The summed E-state index contributed by atoms with van der Waals surface area (Å²) in [5, 5.41) is 13.0. The third-order valence-corrected chi connectivity index (χ3v) is 4.42. The van der Waals surface area contributed by atoms with Crippen molar-refractivity contribution in [3.05, 3.63) is 23.8 Å². The van der Waals surface area contributed by atoms with Crippen LogP contribution in [0.5, 0.6) is 11.5 Å². The predicted octanol–water partition coefficient (Wildman–Crippen LogP) is 2.27. The van der Waals surface area contributed by atoms with Crippen molar-refractivity contribution < 1.29 is 14.6 Å². The Morgan fingerprint density at radius 3 is 2.85 bits per heavy atom. The average Bonchev–Trinajstić information content (AvgIpc) is 2.94. The van der Waals surface area contributed by atoms with Gasteiger partial charge in [-0.15, -0.1) is 0 Å². The minimum absolute atomic E-state index is 0.253. The van der Waals surface area contributed by atoms with Crippen molar-refractivity contribution >= 4 is 0 Å². The molecule has 0 saturated heterocycles. The first-order valence-electron chi connectivity index (χ1n) is 7.54. The second kappa shape index (κ2) is 6.02. The van der Waals surface area contributed by atoms with Crippen molar-refractivity contribution in [3.8, 4) is 11.5 Å². The summed E-state index contributed by atoms with van der Waals surface area (Å²) in [5.41, 5.74) is 1.21. The molecular formula is C16H23NO3. The molecule has 20 heavy (non-hydrogen) atoms. The van der Waals surface area contributed by atoms with Crippen LogP contribution >= 0.6 is 0 Å². The predicted molar refractivity (Wildman–Crippen MR) is 77.2 cm³/mol. The Labute approximate surface area is 120 Å². The summed E-state index contributed by atoms with van der Waals surface area (Å²) in [6, 6.07) is 6.81. The van der Waals surface area contributed by atoms with Crippen LogP contribution in [-0.2, 0) is 0 Å². The first-order chi connectivity index (χ1) is 9.78. The number of aliphatic hydroxyl groups is 1. The van der Waals surface area contributed by atoms with Gasteiger partial charge in [0.15, 0.2) is 11.5 Å². The standard InChI is InChI=1S/C16H23NO3/c1-11(17-14-4-2-3-13(14)10-18)12-5-6-15-16(9-12)20-8-7-19-15/h5-6,9,11,13-14,17-18H,2-4,7-8,10H2,1H3. The van der Waals surface area contributed by atoms with Gasteiger partial charge in [0.1, 0.15) is 13.2 Å². The quantitative estimate of drug-likeness (QED) is 0.886. The van der Waals surface area contributed by atoms with Gasteiger partial charge in [-0.1, -0.05) is 12.5 Å². The van der Waals surface area contributed by atoms with Crippen LogP contribution in [0, 0.1) is 5.92 Å². The molecule has 2 aliphatic rings. The van der Waals surface area contributed by atoms with Gasteiger partial charge in [0.25, 0.3) is 0 Å². The van der Waals surface area contributed by atoms with E-state index in [0.29, 0.717) is 25.2 Å². The van der Waals surface area contributed by atoms with E-state index in [4.69, 9.17) is 9.47 Å². The lowest BCUT2D eigenvalue weighted by Gasteiger charge is -2.25. The molecule has 0 spiro atoms. The highest BCUT2D eigenvalue weighted by Gasteiger charge is 2.28. The summed E-state index contributed by atoms with van der Waals surface area (Å²) in [4.78, 5) is 0. The largest absolute Gasteiger partial charge is 0.486 e. The zero-order chi connectivity index (χ0) is 13.9. The molecular weight excluding hydrogens is 254 g/mol. The van der Waals surface area contributed by atoms with Gasteiger partial charge in [0, 0.05) is 18.7 Å². The smallest absolute Gasteiger partial charge is 0.161 e. The highest BCUT2D eigenvalue weighted by molar-refractivity contribution is 5.44. The van der Waals surface area contributed by atoms with E-state index >= 15 is 0 Å². The summed E-state index contributed by atoms with van der Waals surface area (Å²) in [6.45, 7) is 3.69. The SMILES string of the molecule is CC(NC1CCCC1CO)c1ccc2c(c1)OCCO2. The number of benzene rings is 1. The lowest BCUT2D eigenvalue weighted by atomic mass is 10.0. The zero-order valence-corrected chi connectivity index (χ0v) is 12.0. The van der Waals surface area contributed by atoms with Gasteiger partial charge in [-0.25, -0.2) is 0 Å². The van der Waals surface area contributed by atoms with Crippen LogP contribution in [0.1, 0.15) is 37.8 Å². The van der Waals surface area contributed by atoms with Crippen LogP contribution in [0.15, 0.2) is 18.2 Å². The van der Waals surface area contributed by atoms with E-state index in [0.717, 1.165) is 24.3 Å². The van der Waals surface area contributed by atoms with Crippen molar-refractivity contribution in [3.63, 3.8) is 0 Å². The first-order valence-corrected chi connectivity index (χ1v) is 7.54. The van der Waals surface area contributed by atoms with Crippen molar-refractivity contribution in [1.29, 1.82) is 0 Å². The molecule has 1 heterocycles. The number of ether oxygens (including phenoxy) is 2. The van der Waals surface area contributed by atoms with Crippen molar-refractivity contribution in [2.24, 2.45) is 5.92 Å². The highest BCUT2D eigenvalue weighted by atomic mass is 16.6. The van der Waals surface area contributed by atoms with Crippen molar-refractivity contribution in [1.82, 2.24) is 5.32 Å². The molecule has 1 saturated carbocycles. The molecule has 4 heteroatoms. The Bertz CT molecular complexity index is 463. The van der Waals surface area contributed by atoms with Gasteiger partial charge in [-0.2, -0.15) is 0 Å². The van der Waals surface area contributed by atoms with Crippen molar-refractivity contribution in [2.75, 3.05) is 19.8 Å². The Morgan fingerprint density at radius 1 is 1.25 bits per heavy atom. The molecule has 0 radical (unpaired) electrons. The second-order valence-corrected chi connectivity index (χ2v) is 5.77. The number of rotatable bonds is 4. The Morgan fingerprint density at radius 2 is 2.05 bits per heavy atom. The number of aliphatic hydroxyl groups excluding tert-OH is 1. The van der Waals surface area contributed by atoms with E-state index in [1.54, 1.807) is 0 Å². The van der Waals surface area contributed by atoms with E-state index in [1.807, 2.05) is 6.07 Å². The Kier molecular flexibility index (Phi) is 4.13. The van der Waals surface area contributed by atoms with E-state index in [9.17, 15) is 5.11 Å². The Balaban J connectivity index is 1.69.